The summed E-state index contributed by atoms with van der Waals surface area (Å²) in [6.07, 6.45) is 5.49. The highest BCUT2D eigenvalue weighted by Crippen LogP contribution is 2.28. The lowest BCUT2D eigenvalue weighted by Gasteiger charge is -2.31. The minimum Gasteiger partial charge on any atom is -0.393 e. The van der Waals surface area contributed by atoms with Crippen molar-refractivity contribution in [3.63, 3.8) is 0 Å². The maximum atomic E-state index is 9.68. The highest BCUT2D eigenvalue weighted by Gasteiger charge is 2.28. The molecule has 1 aliphatic rings. The first-order valence-electron chi connectivity index (χ1n) is 5.11. The van der Waals surface area contributed by atoms with E-state index in [1.54, 1.807) is 0 Å². The molecule has 3 atom stereocenters. The van der Waals surface area contributed by atoms with Crippen molar-refractivity contribution in [3.05, 3.63) is 0 Å². The Kier molecular flexibility index (Phi) is 4.02. The van der Waals surface area contributed by atoms with E-state index in [2.05, 4.69) is 6.92 Å². The Morgan fingerprint density at radius 1 is 1.33 bits per heavy atom. The van der Waals surface area contributed by atoms with Crippen molar-refractivity contribution >= 4 is 0 Å². The van der Waals surface area contributed by atoms with Crippen LogP contribution in [0.4, 0.5) is 0 Å². The van der Waals surface area contributed by atoms with Gasteiger partial charge in [-0.15, -0.1) is 0 Å². The molecule has 12 heavy (non-hydrogen) atoms. The molecule has 0 amide bonds. The summed E-state index contributed by atoms with van der Waals surface area (Å²) < 4.78 is 0. The van der Waals surface area contributed by atoms with Crippen molar-refractivity contribution in [1.29, 1.82) is 0 Å². The summed E-state index contributed by atoms with van der Waals surface area (Å²) in [5, 5.41) is 19.3. The van der Waals surface area contributed by atoms with Crippen molar-refractivity contribution in [2.45, 2.75) is 57.7 Å². The van der Waals surface area contributed by atoms with E-state index in [1.165, 1.54) is 6.42 Å². The highest BCUT2D eigenvalue weighted by atomic mass is 16.3. The van der Waals surface area contributed by atoms with Crippen molar-refractivity contribution in [3.8, 4) is 0 Å². The fourth-order valence-corrected chi connectivity index (χ4v) is 2.10. The molecule has 1 fully saturated rings. The van der Waals surface area contributed by atoms with Crippen molar-refractivity contribution < 1.29 is 10.2 Å². The normalized spacial score (nSPS) is 33.2. The van der Waals surface area contributed by atoms with E-state index in [1.807, 2.05) is 0 Å². The molecule has 0 aliphatic heterocycles. The van der Waals surface area contributed by atoms with E-state index in [0.717, 1.165) is 32.1 Å². The van der Waals surface area contributed by atoms with Crippen LogP contribution in [0.1, 0.15) is 45.4 Å². The lowest BCUT2D eigenvalue weighted by Crippen LogP contribution is -2.34. The molecule has 0 aromatic carbocycles. The van der Waals surface area contributed by atoms with E-state index in [4.69, 9.17) is 0 Å². The zero-order chi connectivity index (χ0) is 8.97. The van der Waals surface area contributed by atoms with Crippen LogP contribution in [0.15, 0.2) is 0 Å². The van der Waals surface area contributed by atoms with Gasteiger partial charge in [0.2, 0.25) is 0 Å². The molecule has 3 unspecified atom stereocenters. The van der Waals surface area contributed by atoms with Gasteiger partial charge in [0.05, 0.1) is 12.2 Å². The Hall–Kier alpha value is -0.0800. The number of hydrogen-bond acceptors (Lipinski definition) is 2. The van der Waals surface area contributed by atoms with Gasteiger partial charge in [-0.25, -0.2) is 0 Å². The van der Waals surface area contributed by atoms with Gasteiger partial charge < -0.3 is 10.2 Å². The Morgan fingerprint density at radius 3 is 2.58 bits per heavy atom. The molecule has 2 nitrogen and oxygen atoms in total. The summed E-state index contributed by atoms with van der Waals surface area (Å²) in [4.78, 5) is 0. The summed E-state index contributed by atoms with van der Waals surface area (Å²) >= 11 is 0. The topological polar surface area (TPSA) is 40.5 Å². The molecule has 2 N–H and O–H groups in total. The summed E-state index contributed by atoms with van der Waals surface area (Å²) in [5.74, 6) is 0.152. The minimum atomic E-state index is -0.273. The average Bonchev–Trinajstić information content (AvgIpc) is 2.05. The summed E-state index contributed by atoms with van der Waals surface area (Å²) in [5.41, 5.74) is 0. The molecule has 0 saturated heterocycles. The van der Waals surface area contributed by atoms with Gasteiger partial charge in [0.25, 0.3) is 0 Å². The molecule has 2 heteroatoms. The van der Waals surface area contributed by atoms with Gasteiger partial charge in [0.1, 0.15) is 0 Å². The Morgan fingerprint density at radius 2 is 2.00 bits per heavy atom. The third-order valence-electron chi connectivity index (χ3n) is 2.86. The third kappa shape index (κ3) is 2.46. The fourth-order valence-electron chi connectivity index (χ4n) is 2.10. The van der Waals surface area contributed by atoms with Crippen LogP contribution in [-0.2, 0) is 0 Å². The van der Waals surface area contributed by atoms with Crippen LogP contribution >= 0.6 is 0 Å². The molecule has 1 rings (SSSR count). The van der Waals surface area contributed by atoms with Crippen LogP contribution in [0.5, 0.6) is 0 Å². The quantitative estimate of drug-likeness (QED) is 0.680. The molecule has 0 aromatic rings. The Bertz CT molecular complexity index is 125. The predicted molar refractivity (Wildman–Crippen MR) is 48.9 cm³/mol. The van der Waals surface area contributed by atoms with Crippen LogP contribution in [0, 0.1) is 5.92 Å². The Labute approximate surface area is 74.6 Å². The van der Waals surface area contributed by atoms with E-state index in [-0.39, 0.29) is 18.1 Å². The van der Waals surface area contributed by atoms with Crippen molar-refractivity contribution in [2.75, 3.05) is 0 Å². The van der Waals surface area contributed by atoms with Gasteiger partial charge in [0, 0.05) is 5.92 Å². The van der Waals surface area contributed by atoms with Gasteiger partial charge in [0.15, 0.2) is 0 Å². The zero-order valence-electron chi connectivity index (χ0n) is 7.87. The van der Waals surface area contributed by atoms with Crippen molar-refractivity contribution in [1.82, 2.24) is 0 Å². The second-order valence-electron chi connectivity index (χ2n) is 3.87. The first kappa shape index (κ1) is 10.0. The molecule has 0 aromatic heterocycles. The lowest BCUT2D eigenvalue weighted by atomic mass is 9.81. The van der Waals surface area contributed by atoms with Gasteiger partial charge >= 0.3 is 0 Å². The fraction of sp³-hybridized carbons (Fsp3) is 1.00. The van der Waals surface area contributed by atoms with E-state index in [9.17, 15) is 10.2 Å². The molecular weight excluding hydrogens is 152 g/mol. The second-order valence-corrected chi connectivity index (χ2v) is 3.87. The number of aliphatic hydroxyl groups is 2. The summed E-state index contributed by atoms with van der Waals surface area (Å²) in [6, 6.07) is 0. The molecule has 72 valence electrons. The molecule has 0 bridgehead atoms. The van der Waals surface area contributed by atoms with Crippen molar-refractivity contribution in [2.24, 2.45) is 5.92 Å². The molecule has 0 heterocycles. The first-order chi connectivity index (χ1) is 5.75. The second kappa shape index (κ2) is 4.83. The largest absolute Gasteiger partial charge is 0.393 e. The van der Waals surface area contributed by atoms with E-state index < -0.39 is 0 Å². The monoisotopic (exact) mass is 172 g/mol. The molecule has 1 aliphatic carbocycles. The number of rotatable bonds is 3. The highest BCUT2D eigenvalue weighted by molar-refractivity contribution is 4.79. The summed E-state index contributed by atoms with van der Waals surface area (Å²) in [7, 11) is 0. The molecular formula is C10H20O2. The van der Waals surface area contributed by atoms with Crippen LogP contribution in [0.2, 0.25) is 0 Å². The summed E-state index contributed by atoms with van der Waals surface area (Å²) in [6.45, 7) is 2.07. The first-order valence-corrected chi connectivity index (χ1v) is 5.11. The van der Waals surface area contributed by atoms with Gasteiger partial charge in [-0.1, -0.05) is 26.2 Å². The van der Waals surface area contributed by atoms with Crippen LogP contribution < -0.4 is 0 Å². The number of hydrogen-bond donors (Lipinski definition) is 2. The minimum absolute atomic E-state index is 0.152. The zero-order valence-corrected chi connectivity index (χ0v) is 7.87. The SMILES string of the molecule is CCCC(O)C1CCCCC1O. The Balaban J connectivity index is 2.36. The van der Waals surface area contributed by atoms with Gasteiger partial charge in [-0.3, -0.25) is 0 Å². The smallest absolute Gasteiger partial charge is 0.0593 e. The van der Waals surface area contributed by atoms with E-state index >= 15 is 0 Å². The van der Waals surface area contributed by atoms with Gasteiger partial charge in [-0.2, -0.15) is 0 Å². The van der Waals surface area contributed by atoms with Crippen LogP contribution in [-0.4, -0.2) is 22.4 Å². The maximum Gasteiger partial charge on any atom is 0.0593 e. The number of aliphatic hydroxyl groups excluding tert-OH is 2. The molecule has 1 saturated carbocycles. The molecule has 0 radical (unpaired) electrons. The predicted octanol–water partition coefficient (Wildman–Crippen LogP) is 1.70. The average molecular weight is 172 g/mol. The standard InChI is InChI=1S/C10H20O2/c1-2-5-9(11)8-6-3-4-7-10(8)12/h8-12H,2-7H2,1H3. The van der Waals surface area contributed by atoms with Crippen LogP contribution in [0.25, 0.3) is 0 Å². The van der Waals surface area contributed by atoms with Gasteiger partial charge in [-0.05, 0) is 19.3 Å². The van der Waals surface area contributed by atoms with Crippen LogP contribution in [0.3, 0.4) is 0 Å². The lowest BCUT2D eigenvalue weighted by molar-refractivity contribution is -0.0156. The maximum absolute atomic E-state index is 9.68. The van der Waals surface area contributed by atoms with E-state index in [0.29, 0.717) is 0 Å². The third-order valence-corrected chi connectivity index (χ3v) is 2.86. The molecule has 0 spiro atoms.